The number of carbonyl (C=O) groups is 2. The van der Waals surface area contributed by atoms with Gasteiger partial charge in [-0.3, -0.25) is 14.6 Å². The Morgan fingerprint density at radius 3 is 2.09 bits per heavy atom. The highest BCUT2D eigenvalue weighted by molar-refractivity contribution is 5.95. The zero-order valence-electron chi connectivity index (χ0n) is 15.3. The highest BCUT2D eigenvalue weighted by Crippen LogP contribution is 2.12. The second-order valence-corrected chi connectivity index (χ2v) is 5.33. The molecule has 0 aliphatic rings. The molecule has 0 spiro atoms. The Morgan fingerprint density at radius 2 is 1.57 bits per heavy atom. The molecule has 1 aromatic rings. The van der Waals surface area contributed by atoms with Crippen molar-refractivity contribution < 1.29 is 14.3 Å². The van der Waals surface area contributed by atoms with Crippen LogP contribution in [0.5, 0.6) is 0 Å². The molecule has 23 heavy (non-hydrogen) atoms. The van der Waals surface area contributed by atoms with Crippen molar-refractivity contribution in [1.82, 2.24) is 14.7 Å². The van der Waals surface area contributed by atoms with Crippen LogP contribution in [0.4, 0.5) is 4.79 Å². The highest BCUT2D eigenvalue weighted by atomic mass is 16.6. The maximum Gasteiger partial charge on any atom is 0.410 e. The van der Waals surface area contributed by atoms with E-state index >= 15 is 0 Å². The molecule has 0 aliphatic carbocycles. The van der Waals surface area contributed by atoms with Crippen LogP contribution in [0.3, 0.4) is 0 Å². The molecule has 0 saturated heterocycles. The molecule has 2 amide bonds. The minimum atomic E-state index is -0.421. The molecular formula is C17H29N3O3. The molecule has 0 bridgehead atoms. The lowest BCUT2D eigenvalue weighted by Gasteiger charge is -2.21. The minimum absolute atomic E-state index is 0.0757. The summed E-state index contributed by atoms with van der Waals surface area (Å²) >= 11 is 0. The van der Waals surface area contributed by atoms with Gasteiger partial charge in [-0.1, -0.05) is 32.0 Å². The smallest absolute Gasteiger partial charge is 0.410 e. The number of hydrogen-bond donors (Lipinski definition) is 0. The van der Waals surface area contributed by atoms with Crippen LogP contribution in [0.1, 0.15) is 29.8 Å². The lowest BCUT2D eigenvalue weighted by atomic mass is 10.1. The summed E-state index contributed by atoms with van der Waals surface area (Å²) in [5.41, 5.74) is 1.24. The number of carbonyl (C=O) groups excluding carboxylic acids is 2. The van der Waals surface area contributed by atoms with E-state index in [4.69, 9.17) is 4.74 Å². The van der Waals surface area contributed by atoms with Crippen molar-refractivity contribution in [3.63, 3.8) is 0 Å². The number of ether oxygens (including phenoxy) is 1. The number of nitrogens with zero attached hydrogens (tertiary/aromatic N) is 3. The van der Waals surface area contributed by atoms with E-state index in [2.05, 4.69) is 0 Å². The molecule has 0 N–H and O–H groups in total. The van der Waals surface area contributed by atoms with Crippen molar-refractivity contribution in [2.24, 2.45) is 0 Å². The summed E-state index contributed by atoms with van der Waals surface area (Å²) in [6.45, 7) is 4.55. The molecule has 6 nitrogen and oxygen atoms in total. The van der Waals surface area contributed by atoms with Gasteiger partial charge >= 0.3 is 6.09 Å². The molecule has 130 valence electrons. The molecule has 6 heteroatoms. The molecule has 0 aliphatic heterocycles. The van der Waals surface area contributed by atoms with Crippen molar-refractivity contribution in [1.29, 1.82) is 0 Å². The summed E-state index contributed by atoms with van der Waals surface area (Å²) in [6, 6.07) is 7.13. The van der Waals surface area contributed by atoms with Crippen LogP contribution in [-0.2, 0) is 11.3 Å². The Morgan fingerprint density at radius 1 is 1.00 bits per heavy atom. The van der Waals surface area contributed by atoms with Gasteiger partial charge in [0, 0.05) is 32.3 Å². The van der Waals surface area contributed by atoms with Crippen molar-refractivity contribution >= 4 is 12.0 Å². The molecule has 0 saturated carbocycles. The van der Waals surface area contributed by atoms with Gasteiger partial charge in [0.1, 0.15) is 6.61 Å². The lowest BCUT2D eigenvalue weighted by molar-refractivity contribution is 0.0805. The van der Waals surface area contributed by atoms with E-state index < -0.39 is 6.09 Å². The van der Waals surface area contributed by atoms with Gasteiger partial charge < -0.3 is 9.64 Å². The van der Waals surface area contributed by atoms with Gasteiger partial charge in [-0.15, -0.1) is 0 Å². The quantitative estimate of drug-likeness (QED) is 0.781. The molecule has 0 heterocycles. The van der Waals surface area contributed by atoms with Crippen LogP contribution >= 0.6 is 0 Å². The summed E-state index contributed by atoms with van der Waals surface area (Å²) in [5, 5.41) is 0. The van der Waals surface area contributed by atoms with Gasteiger partial charge in [0.25, 0.3) is 5.91 Å². The molecule has 0 atom stereocenters. The van der Waals surface area contributed by atoms with Gasteiger partial charge in [0.05, 0.1) is 6.67 Å². The summed E-state index contributed by atoms with van der Waals surface area (Å²) in [4.78, 5) is 28.7. The van der Waals surface area contributed by atoms with E-state index in [1.54, 1.807) is 39.3 Å². The summed E-state index contributed by atoms with van der Waals surface area (Å²) in [5.74, 6) is -0.108. The van der Waals surface area contributed by atoms with Crippen LogP contribution in [0.15, 0.2) is 24.3 Å². The molecule has 1 rings (SSSR count). The average molecular weight is 323 g/mol. The first-order valence-corrected chi connectivity index (χ1v) is 7.65. The number of benzene rings is 1. The Labute approximate surface area is 139 Å². The first kappa shape index (κ1) is 20.9. The van der Waals surface area contributed by atoms with Crippen LogP contribution in [0, 0.1) is 0 Å². The Hall–Kier alpha value is -2.08. The SMILES string of the molecule is CC.CN(C)CN(C)C(=O)OCc1ccccc1C(=O)N(C)C. The average Bonchev–Trinajstić information content (AvgIpc) is 2.53. The van der Waals surface area contributed by atoms with E-state index in [1.807, 2.05) is 38.9 Å². The predicted molar refractivity (Wildman–Crippen MR) is 92.3 cm³/mol. The third-order valence-electron chi connectivity index (χ3n) is 2.81. The molecule has 1 aromatic carbocycles. The zero-order valence-corrected chi connectivity index (χ0v) is 15.3. The van der Waals surface area contributed by atoms with Crippen LogP contribution < -0.4 is 0 Å². The van der Waals surface area contributed by atoms with Crippen molar-refractivity contribution in [3.05, 3.63) is 35.4 Å². The number of rotatable bonds is 5. The normalized spacial score (nSPS) is 9.74. The Balaban J connectivity index is 0.00000232. The lowest BCUT2D eigenvalue weighted by Crippen LogP contribution is -2.35. The van der Waals surface area contributed by atoms with Gasteiger partial charge in [-0.25, -0.2) is 4.79 Å². The van der Waals surface area contributed by atoms with Crippen molar-refractivity contribution in [2.75, 3.05) is 41.9 Å². The topological polar surface area (TPSA) is 53.1 Å². The van der Waals surface area contributed by atoms with E-state index in [1.165, 1.54) is 9.80 Å². The first-order chi connectivity index (χ1) is 10.8. The van der Waals surface area contributed by atoms with Crippen LogP contribution in [-0.4, -0.2) is 68.6 Å². The van der Waals surface area contributed by atoms with Gasteiger partial charge in [-0.2, -0.15) is 0 Å². The fraction of sp³-hybridized carbons (Fsp3) is 0.529. The molecular weight excluding hydrogens is 294 g/mol. The van der Waals surface area contributed by atoms with E-state index in [0.29, 0.717) is 17.8 Å². The maximum absolute atomic E-state index is 12.1. The Kier molecular flexibility index (Phi) is 9.65. The third kappa shape index (κ3) is 7.15. The van der Waals surface area contributed by atoms with Gasteiger partial charge in [-0.05, 0) is 20.2 Å². The largest absolute Gasteiger partial charge is 0.444 e. The Bertz CT molecular complexity index is 502. The second-order valence-electron chi connectivity index (χ2n) is 5.33. The third-order valence-corrected chi connectivity index (χ3v) is 2.81. The zero-order chi connectivity index (χ0) is 18.0. The van der Waals surface area contributed by atoms with Crippen LogP contribution in [0.2, 0.25) is 0 Å². The molecule has 0 fully saturated rings. The number of amides is 2. The van der Waals surface area contributed by atoms with Gasteiger partial charge in [0.15, 0.2) is 0 Å². The second kappa shape index (κ2) is 10.6. The number of hydrogen-bond acceptors (Lipinski definition) is 4. The summed E-state index contributed by atoms with van der Waals surface area (Å²) in [7, 11) is 8.79. The van der Waals surface area contributed by atoms with E-state index in [9.17, 15) is 9.59 Å². The van der Waals surface area contributed by atoms with Crippen molar-refractivity contribution in [3.8, 4) is 0 Å². The highest BCUT2D eigenvalue weighted by Gasteiger charge is 2.15. The minimum Gasteiger partial charge on any atom is -0.444 e. The van der Waals surface area contributed by atoms with Crippen LogP contribution in [0.25, 0.3) is 0 Å². The summed E-state index contributed by atoms with van der Waals surface area (Å²) in [6.07, 6.45) is -0.421. The predicted octanol–water partition coefficient (Wildman–Crippen LogP) is 2.50. The van der Waals surface area contributed by atoms with E-state index in [0.717, 1.165) is 0 Å². The first-order valence-electron chi connectivity index (χ1n) is 7.65. The van der Waals surface area contributed by atoms with Gasteiger partial charge in [0.2, 0.25) is 0 Å². The molecule has 0 radical (unpaired) electrons. The van der Waals surface area contributed by atoms with E-state index in [-0.39, 0.29) is 12.5 Å². The van der Waals surface area contributed by atoms with Crippen molar-refractivity contribution in [2.45, 2.75) is 20.5 Å². The molecule has 0 unspecified atom stereocenters. The fourth-order valence-electron chi connectivity index (χ4n) is 1.83. The fourth-order valence-corrected chi connectivity index (χ4v) is 1.83. The monoisotopic (exact) mass is 323 g/mol. The molecule has 0 aromatic heterocycles. The standard InChI is InChI=1S/C15H23N3O3.C2H6/c1-16(2)11-18(5)15(20)21-10-12-8-6-7-9-13(12)14(19)17(3)4;1-2/h6-9H,10-11H2,1-5H3;1-2H3. The maximum atomic E-state index is 12.1. The summed E-state index contributed by atoms with van der Waals surface area (Å²) < 4.78 is 5.25.